The summed E-state index contributed by atoms with van der Waals surface area (Å²) in [6.07, 6.45) is 2.44. The van der Waals surface area contributed by atoms with Crippen molar-refractivity contribution in [3.8, 4) is 0 Å². The number of Topliss-reactive ketones (excluding diaryl/α,β-unsaturated/α-hetero) is 1. The summed E-state index contributed by atoms with van der Waals surface area (Å²) in [7, 11) is 0. The van der Waals surface area contributed by atoms with Gasteiger partial charge in [0.05, 0.1) is 12.1 Å². The van der Waals surface area contributed by atoms with E-state index in [1.54, 1.807) is 4.68 Å². The predicted octanol–water partition coefficient (Wildman–Crippen LogP) is 1.70. The summed E-state index contributed by atoms with van der Waals surface area (Å²) in [5.41, 5.74) is 0.764. The Morgan fingerprint density at radius 3 is 2.94 bits per heavy atom. The van der Waals surface area contributed by atoms with Gasteiger partial charge in [-0.25, -0.2) is 9.67 Å². The fourth-order valence-electron chi connectivity index (χ4n) is 1.71. The van der Waals surface area contributed by atoms with Crippen molar-refractivity contribution in [2.24, 2.45) is 0 Å². The molecule has 0 amide bonds. The van der Waals surface area contributed by atoms with Crippen LogP contribution in [0.2, 0.25) is 0 Å². The molecule has 0 aliphatic carbocycles. The molecule has 0 radical (unpaired) electrons. The molecule has 2 heterocycles. The molecule has 18 heavy (non-hydrogen) atoms. The van der Waals surface area contributed by atoms with Crippen molar-refractivity contribution in [2.75, 3.05) is 0 Å². The first-order valence-electron chi connectivity index (χ1n) is 5.86. The Morgan fingerprint density at radius 1 is 1.50 bits per heavy atom. The molecule has 0 fully saturated rings. The normalized spacial score (nSPS) is 11.1. The highest BCUT2D eigenvalue weighted by Crippen LogP contribution is 2.15. The molecule has 7 heteroatoms. The smallest absolute Gasteiger partial charge is 0.183 e. The zero-order valence-electron chi connectivity index (χ0n) is 10.6. The zero-order chi connectivity index (χ0) is 13.1. The lowest BCUT2D eigenvalue weighted by Crippen LogP contribution is -2.13. The minimum absolute atomic E-state index is 0.0109. The van der Waals surface area contributed by atoms with Crippen LogP contribution in [-0.4, -0.2) is 30.1 Å². The van der Waals surface area contributed by atoms with Crippen molar-refractivity contribution in [3.05, 3.63) is 22.7 Å². The number of ketones is 1. The summed E-state index contributed by atoms with van der Waals surface area (Å²) in [5.74, 6) is 0.696. The number of carbonyl (C=O) groups excluding carboxylic acids is 1. The number of carbonyl (C=O) groups is 1. The maximum absolute atomic E-state index is 12.2. The topological polar surface area (TPSA) is 73.6 Å². The summed E-state index contributed by atoms with van der Waals surface area (Å²) in [5, 5.41) is 8.07. The molecular weight excluding hydrogens is 250 g/mol. The van der Waals surface area contributed by atoms with Crippen LogP contribution in [0.3, 0.4) is 0 Å². The number of nitrogens with zero attached hydrogens (tertiary/aromatic N) is 5. The number of aromatic nitrogens is 5. The molecule has 2 aromatic heterocycles. The molecule has 2 rings (SSSR count). The van der Waals surface area contributed by atoms with Crippen LogP contribution in [0, 0.1) is 0 Å². The number of hydrogen-bond donors (Lipinski definition) is 0. The van der Waals surface area contributed by atoms with E-state index in [4.69, 9.17) is 0 Å². The Bertz CT molecular complexity index is 545. The lowest BCUT2D eigenvalue weighted by molar-refractivity contribution is 0.0992. The van der Waals surface area contributed by atoms with Crippen molar-refractivity contribution in [1.29, 1.82) is 0 Å². The van der Waals surface area contributed by atoms with Gasteiger partial charge in [-0.1, -0.05) is 11.4 Å². The maximum atomic E-state index is 12.2. The Morgan fingerprint density at radius 2 is 2.28 bits per heavy atom. The van der Waals surface area contributed by atoms with E-state index in [2.05, 4.69) is 19.7 Å². The molecule has 0 saturated carbocycles. The monoisotopic (exact) mass is 265 g/mol. The SMILES string of the molecule is CCc1nnsc1C(=O)Cc1ncnn1C(C)C. The van der Waals surface area contributed by atoms with E-state index in [9.17, 15) is 4.79 Å². The average molecular weight is 265 g/mol. The predicted molar refractivity (Wildman–Crippen MR) is 67.7 cm³/mol. The first-order chi connectivity index (χ1) is 8.63. The fraction of sp³-hybridized carbons (Fsp3) is 0.545. The van der Waals surface area contributed by atoms with Crippen LogP contribution < -0.4 is 0 Å². The zero-order valence-corrected chi connectivity index (χ0v) is 11.4. The third-order valence-corrected chi connectivity index (χ3v) is 3.41. The van der Waals surface area contributed by atoms with Gasteiger partial charge in [0.1, 0.15) is 17.0 Å². The minimum Gasteiger partial charge on any atom is -0.293 e. The average Bonchev–Trinajstić information content (AvgIpc) is 2.96. The van der Waals surface area contributed by atoms with Crippen molar-refractivity contribution < 1.29 is 4.79 Å². The van der Waals surface area contributed by atoms with Gasteiger partial charge in [0.2, 0.25) is 0 Å². The molecule has 2 aromatic rings. The van der Waals surface area contributed by atoms with E-state index in [0.29, 0.717) is 17.1 Å². The van der Waals surface area contributed by atoms with Crippen molar-refractivity contribution in [3.63, 3.8) is 0 Å². The van der Waals surface area contributed by atoms with Crippen molar-refractivity contribution >= 4 is 17.3 Å². The largest absolute Gasteiger partial charge is 0.293 e. The lowest BCUT2D eigenvalue weighted by Gasteiger charge is -2.08. The van der Waals surface area contributed by atoms with Crippen molar-refractivity contribution in [2.45, 2.75) is 39.7 Å². The van der Waals surface area contributed by atoms with Gasteiger partial charge in [-0.3, -0.25) is 4.79 Å². The Hall–Kier alpha value is -1.63. The summed E-state index contributed by atoms with van der Waals surface area (Å²) in [6.45, 7) is 5.98. The molecule has 6 nitrogen and oxygen atoms in total. The van der Waals surface area contributed by atoms with E-state index in [1.807, 2.05) is 20.8 Å². The van der Waals surface area contributed by atoms with Gasteiger partial charge in [0.15, 0.2) is 5.78 Å². The number of aryl methyl sites for hydroxylation is 1. The van der Waals surface area contributed by atoms with Crippen LogP contribution in [0.4, 0.5) is 0 Å². The molecular formula is C11H15N5OS. The van der Waals surface area contributed by atoms with Crippen molar-refractivity contribution in [1.82, 2.24) is 24.4 Å². The molecule has 0 bridgehead atoms. The van der Waals surface area contributed by atoms with Crippen LogP contribution in [0.1, 0.15) is 48.0 Å². The standard InChI is InChI=1S/C11H15N5OS/c1-4-8-11(18-15-14-8)9(17)5-10-12-6-13-16(10)7(2)3/h6-7H,4-5H2,1-3H3. The van der Waals surface area contributed by atoms with Crippen LogP contribution >= 0.6 is 11.5 Å². The van der Waals surface area contributed by atoms with Crippen LogP contribution in [-0.2, 0) is 12.8 Å². The fourth-order valence-corrected chi connectivity index (χ4v) is 2.39. The van der Waals surface area contributed by atoms with E-state index >= 15 is 0 Å². The lowest BCUT2D eigenvalue weighted by atomic mass is 10.2. The molecule has 0 atom stereocenters. The number of rotatable bonds is 5. The van der Waals surface area contributed by atoms with E-state index < -0.39 is 0 Å². The van der Waals surface area contributed by atoms with Gasteiger partial charge in [-0.05, 0) is 31.8 Å². The molecule has 0 aliphatic rings. The van der Waals surface area contributed by atoms with Crippen LogP contribution in [0.15, 0.2) is 6.33 Å². The van der Waals surface area contributed by atoms with Gasteiger partial charge in [0.25, 0.3) is 0 Å². The maximum Gasteiger partial charge on any atom is 0.183 e. The van der Waals surface area contributed by atoms with Gasteiger partial charge >= 0.3 is 0 Å². The molecule has 0 saturated heterocycles. The second kappa shape index (κ2) is 5.34. The summed E-state index contributed by atoms with van der Waals surface area (Å²) < 4.78 is 5.59. The molecule has 96 valence electrons. The number of hydrogen-bond acceptors (Lipinski definition) is 6. The van der Waals surface area contributed by atoms with Crippen LogP contribution in [0.25, 0.3) is 0 Å². The molecule has 0 aromatic carbocycles. The second-order valence-electron chi connectivity index (χ2n) is 4.22. The minimum atomic E-state index is 0.0109. The molecule has 0 unspecified atom stereocenters. The Balaban J connectivity index is 2.19. The second-order valence-corrected chi connectivity index (χ2v) is 4.97. The summed E-state index contributed by atoms with van der Waals surface area (Å²) >= 11 is 1.15. The molecule has 0 aliphatic heterocycles. The quantitative estimate of drug-likeness (QED) is 0.769. The Kier molecular flexibility index (Phi) is 3.81. The van der Waals surface area contributed by atoms with Gasteiger partial charge in [0, 0.05) is 6.04 Å². The first-order valence-corrected chi connectivity index (χ1v) is 6.63. The Labute approximate surface area is 109 Å². The summed E-state index contributed by atoms with van der Waals surface area (Å²) in [6, 6.07) is 0.195. The van der Waals surface area contributed by atoms with Gasteiger partial charge in [-0.2, -0.15) is 5.10 Å². The van der Waals surface area contributed by atoms with Crippen LogP contribution in [0.5, 0.6) is 0 Å². The van der Waals surface area contributed by atoms with E-state index in [1.165, 1.54) is 6.33 Å². The highest BCUT2D eigenvalue weighted by atomic mass is 32.1. The highest BCUT2D eigenvalue weighted by molar-refractivity contribution is 7.08. The molecule has 0 N–H and O–H groups in total. The van der Waals surface area contributed by atoms with E-state index in [0.717, 1.165) is 17.2 Å². The third-order valence-electron chi connectivity index (χ3n) is 2.60. The summed E-state index contributed by atoms with van der Waals surface area (Å²) in [4.78, 5) is 16.9. The van der Waals surface area contributed by atoms with Gasteiger partial charge in [-0.15, -0.1) is 5.10 Å². The highest BCUT2D eigenvalue weighted by Gasteiger charge is 2.18. The third kappa shape index (κ3) is 2.45. The molecule has 0 spiro atoms. The van der Waals surface area contributed by atoms with Gasteiger partial charge < -0.3 is 0 Å². The van der Waals surface area contributed by atoms with E-state index in [-0.39, 0.29) is 18.2 Å². The first kappa shape index (κ1) is 12.8.